The Morgan fingerprint density at radius 2 is 2.25 bits per heavy atom. The Labute approximate surface area is 116 Å². The number of carbonyl (C=O) groups is 1. The number of amides is 1. The van der Waals surface area contributed by atoms with Gasteiger partial charge in [-0.05, 0) is 42.5 Å². The van der Waals surface area contributed by atoms with E-state index in [0.29, 0.717) is 12.1 Å². The van der Waals surface area contributed by atoms with Crippen LogP contribution in [0.4, 0.5) is 0 Å². The molecule has 20 heavy (non-hydrogen) atoms. The van der Waals surface area contributed by atoms with Crippen LogP contribution in [0.3, 0.4) is 0 Å². The summed E-state index contributed by atoms with van der Waals surface area (Å²) in [5, 5.41) is 3.72. The third-order valence-corrected chi connectivity index (χ3v) is 3.50. The first-order chi connectivity index (χ1) is 9.72. The molecular formula is C15H16N2O3. The highest BCUT2D eigenvalue weighted by atomic mass is 16.5. The Morgan fingerprint density at radius 3 is 3.05 bits per heavy atom. The van der Waals surface area contributed by atoms with E-state index in [-0.39, 0.29) is 17.6 Å². The van der Waals surface area contributed by atoms with E-state index in [4.69, 9.17) is 4.74 Å². The van der Waals surface area contributed by atoms with E-state index in [2.05, 4.69) is 10.3 Å². The van der Waals surface area contributed by atoms with Gasteiger partial charge in [-0.3, -0.25) is 9.59 Å². The summed E-state index contributed by atoms with van der Waals surface area (Å²) in [4.78, 5) is 26.0. The topological polar surface area (TPSA) is 71.2 Å². The van der Waals surface area contributed by atoms with Crippen LogP contribution in [0, 0.1) is 0 Å². The first-order valence-electron chi connectivity index (χ1n) is 6.75. The largest absolute Gasteiger partial charge is 0.376 e. The van der Waals surface area contributed by atoms with Gasteiger partial charge in [0.15, 0.2) is 0 Å². The highest BCUT2D eigenvalue weighted by molar-refractivity contribution is 5.97. The summed E-state index contributed by atoms with van der Waals surface area (Å²) in [6, 6.07) is 8.40. The van der Waals surface area contributed by atoms with Crippen molar-refractivity contribution in [2.24, 2.45) is 0 Å². The molecule has 1 aromatic carbocycles. The number of hydrogen-bond donors (Lipinski definition) is 2. The predicted molar refractivity (Wildman–Crippen MR) is 75.9 cm³/mol. The Hall–Kier alpha value is -2.14. The number of rotatable bonds is 3. The zero-order valence-corrected chi connectivity index (χ0v) is 11.0. The standard InChI is InChI=1S/C15H16N2O3/c18-14-6-4-10-8-11(3-5-13(10)17-14)15(19)16-9-12-2-1-7-20-12/h3-6,8,12H,1-2,7,9H2,(H,16,19)(H,17,18). The third-order valence-electron chi connectivity index (χ3n) is 3.50. The van der Waals surface area contributed by atoms with Crippen LogP contribution in [0.5, 0.6) is 0 Å². The minimum absolute atomic E-state index is 0.117. The maximum absolute atomic E-state index is 12.1. The summed E-state index contributed by atoms with van der Waals surface area (Å²) >= 11 is 0. The van der Waals surface area contributed by atoms with Crippen LogP contribution < -0.4 is 10.9 Å². The smallest absolute Gasteiger partial charge is 0.251 e. The molecule has 0 bridgehead atoms. The van der Waals surface area contributed by atoms with Crippen molar-refractivity contribution in [1.82, 2.24) is 10.3 Å². The van der Waals surface area contributed by atoms with Gasteiger partial charge in [0.25, 0.3) is 5.91 Å². The van der Waals surface area contributed by atoms with E-state index in [1.54, 1.807) is 24.3 Å². The summed E-state index contributed by atoms with van der Waals surface area (Å²) < 4.78 is 5.47. The lowest BCUT2D eigenvalue weighted by atomic mass is 10.1. The molecule has 1 unspecified atom stereocenters. The van der Waals surface area contributed by atoms with Crippen LogP contribution in [0.2, 0.25) is 0 Å². The second kappa shape index (κ2) is 5.46. The molecule has 1 aliphatic heterocycles. The second-order valence-corrected chi connectivity index (χ2v) is 4.97. The van der Waals surface area contributed by atoms with Crippen molar-refractivity contribution in [3.05, 3.63) is 46.2 Å². The quantitative estimate of drug-likeness (QED) is 0.888. The van der Waals surface area contributed by atoms with Gasteiger partial charge in [-0.2, -0.15) is 0 Å². The van der Waals surface area contributed by atoms with E-state index in [1.165, 1.54) is 6.07 Å². The number of H-pyrrole nitrogens is 1. The molecule has 2 N–H and O–H groups in total. The predicted octanol–water partition coefficient (Wildman–Crippen LogP) is 1.44. The second-order valence-electron chi connectivity index (χ2n) is 4.97. The highest BCUT2D eigenvalue weighted by Gasteiger charge is 2.16. The summed E-state index contributed by atoms with van der Waals surface area (Å²) in [6.07, 6.45) is 2.19. The van der Waals surface area contributed by atoms with E-state index < -0.39 is 0 Å². The maximum Gasteiger partial charge on any atom is 0.251 e. The molecule has 0 aliphatic carbocycles. The van der Waals surface area contributed by atoms with Crippen molar-refractivity contribution in [3.8, 4) is 0 Å². The van der Waals surface area contributed by atoms with E-state index in [9.17, 15) is 9.59 Å². The molecule has 3 rings (SSSR count). The molecule has 1 atom stereocenters. The van der Waals surface area contributed by atoms with E-state index in [0.717, 1.165) is 30.4 Å². The first-order valence-corrected chi connectivity index (χ1v) is 6.75. The summed E-state index contributed by atoms with van der Waals surface area (Å²) in [7, 11) is 0. The average molecular weight is 272 g/mol. The minimum Gasteiger partial charge on any atom is -0.376 e. The number of carbonyl (C=O) groups excluding carboxylic acids is 1. The summed E-state index contributed by atoms with van der Waals surface area (Å²) in [5.41, 5.74) is 1.17. The third kappa shape index (κ3) is 2.72. The van der Waals surface area contributed by atoms with Crippen LogP contribution in [-0.4, -0.2) is 30.1 Å². The maximum atomic E-state index is 12.1. The Bertz CT molecular complexity index is 687. The van der Waals surface area contributed by atoms with Gasteiger partial charge in [0.1, 0.15) is 0 Å². The van der Waals surface area contributed by atoms with Gasteiger partial charge in [0, 0.05) is 30.3 Å². The van der Waals surface area contributed by atoms with Crippen LogP contribution in [0.25, 0.3) is 10.9 Å². The van der Waals surface area contributed by atoms with Crippen molar-refractivity contribution < 1.29 is 9.53 Å². The number of hydrogen-bond acceptors (Lipinski definition) is 3. The molecule has 1 saturated heterocycles. The number of aromatic amines is 1. The number of benzene rings is 1. The van der Waals surface area contributed by atoms with Crippen molar-refractivity contribution in [3.63, 3.8) is 0 Å². The zero-order chi connectivity index (χ0) is 13.9. The van der Waals surface area contributed by atoms with Crippen molar-refractivity contribution >= 4 is 16.8 Å². The Morgan fingerprint density at radius 1 is 1.35 bits per heavy atom. The highest BCUT2D eigenvalue weighted by Crippen LogP contribution is 2.13. The van der Waals surface area contributed by atoms with Crippen LogP contribution in [-0.2, 0) is 4.74 Å². The minimum atomic E-state index is -0.145. The lowest BCUT2D eigenvalue weighted by Gasteiger charge is -2.11. The molecule has 0 radical (unpaired) electrons. The summed E-state index contributed by atoms with van der Waals surface area (Å²) in [6.45, 7) is 1.33. The lowest BCUT2D eigenvalue weighted by Crippen LogP contribution is -2.31. The van der Waals surface area contributed by atoms with Crippen molar-refractivity contribution in [2.75, 3.05) is 13.2 Å². The van der Waals surface area contributed by atoms with Gasteiger partial charge in [0.05, 0.1) is 6.10 Å². The molecule has 1 fully saturated rings. The summed E-state index contributed by atoms with van der Waals surface area (Å²) in [5.74, 6) is -0.117. The molecule has 2 aromatic rings. The SMILES string of the molecule is O=C(NCC1CCCO1)c1ccc2[nH]c(=O)ccc2c1. The molecule has 5 nitrogen and oxygen atoms in total. The molecular weight excluding hydrogens is 256 g/mol. The monoisotopic (exact) mass is 272 g/mol. The van der Waals surface area contributed by atoms with Gasteiger partial charge in [0.2, 0.25) is 5.56 Å². The van der Waals surface area contributed by atoms with Crippen LogP contribution in [0.1, 0.15) is 23.2 Å². The van der Waals surface area contributed by atoms with E-state index in [1.807, 2.05) is 0 Å². The van der Waals surface area contributed by atoms with Gasteiger partial charge in [-0.15, -0.1) is 0 Å². The number of ether oxygens (including phenoxy) is 1. The molecule has 2 heterocycles. The van der Waals surface area contributed by atoms with Crippen LogP contribution in [0.15, 0.2) is 35.1 Å². The van der Waals surface area contributed by atoms with Gasteiger partial charge < -0.3 is 15.0 Å². The molecule has 1 aliphatic rings. The number of pyridine rings is 1. The molecule has 1 aromatic heterocycles. The Balaban J connectivity index is 1.73. The zero-order valence-electron chi connectivity index (χ0n) is 11.0. The average Bonchev–Trinajstić information content (AvgIpc) is 2.97. The Kier molecular flexibility index (Phi) is 3.52. The van der Waals surface area contributed by atoms with Crippen molar-refractivity contribution in [2.45, 2.75) is 18.9 Å². The number of aromatic nitrogens is 1. The molecule has 0 spiro atoms. The molecule has 0 saturated carbocycles. The number of nitrogens with one attached hydrogen (secondary N) is 2. The van der Waals surface area contributed by atoms with Gasteiger partial charge in [-0.1, -0.05) is 0 Å². The fourth-order valence-electron chi connectivity index (χ4n) is 2.41. The lowest BCUT2D eigenvalue weighted by molar-refractivity contribution is 0.0858. The normalized spacial score (nSPS) is 18.3. The van der Waals surface area contributed by atoms with Gasteiger partial charge >= 0.3 is 0 Å². The molecule has 104 valence electrons. The first kappa shape index (κ1) is 12.9. The van der Waals surface area contributed by atoms with E-state index >= 15 is 0 Å². The van der Waals surface area contributed by atoms with Gasteiger partial charge in [-0.25, -0.2) is 0 Å². The molecule has 5 heteroatoms. The fourth-order valence-corrected chi connectivity index (χ4v) is 2.41. The van der Waals surface area contributed by atoms with Crippen molar-refractivity contribution in [1.29, 1.82) is 0 Å². The fraction of sp³-hybridized carbons (Fsp3) is 0.333. The van der Waals surface area contributed by atoms with Crippen LogP contribution >= 0.6 is 0 Å². The molecule has 1 amide bonds. The number of fused-ring (bicyclic) bond motifs is 1.